The van der Waals surface area contributed by atoms with E-state index in [9.17, 15) is 28.8 Å². The van der Waals surface area contributed by atoms with Gasteiger partial charge in [-0.05, 0) is 0 Å². The van der Waals surface area contributed by atoms with E-state index >= 15 is 0 Å². The number of allylic oxidation sites excluding steroid dienone is 4. The predicted octanol–water partition coefficient (Wildman–Crippen LogP) is 5.05. The van der Waals surface area contributed by atoms with Crippen LogP contribution in [0.2, 0.25) is 0 Å². The van der Waals surface area contributed by atoms with Crippen molar-refractivity contribution in [3.63, 3.8) is 0 Å². The first-order chi connectivity index (χ1) is 19.3. The minimum Gasteiger partial charge on any atom is -0.680 e. The largest absolute Gasteiger partial charge is 0.680 e. The zero-order valence-corrected chi connectivity index (χ0v) is 22.1. The van der Waals surface area contributed by atoms with Crippen molar-refractivity contribution in [2.24, 2.45) is 0 Å². The average Bonchev–Trinajstić information content (AvgIpc) is 3.70. The number of carbonyl (C=O) groups excluding carboxylic acids is 6. The first kappa shape index (κ1) is 28.8. The van der Waals surface area contributed by atoms with Crippen molar-refractivity contribution >= 4 is 35.1 Å². The van der Waals surface area contributed by atoms with Crippen molar-refractivity contribution in [3.8, 4) is 0 Å². The molecule has 0 unspecified atom stereocenters. The molecule has 0 aromatic heterocycles. The zero-order valence-electron chi connectivity index (χ0n) is 21.0. The van der Waals surface area contributed by atoms with E-state index in [0.717, 1.165) is 12.2 Å². The second-order valence-corrected chi connectivity index (χ2v) is 8.62. The Bertz CT molecular complexity index is 1610. The summed E-state index contributed by atoms with van der Waals surface area (Å²) in [6, 6.07) is 26.0. The Kier molecular flexibility index (Phi) is 8.63. The van der Waals surface area contributed by atoms with E-state index in [2.05, 4.69) is 0 Å². The summed E-state index contributed by atoms with van der Waals surface area (Å²) in [5.41, 5.74) is 1.84. The first-order valence-electron chi connectivity index (χ1n) is 12.0. The van der Waals surface area contributed by atoms with Crippen molar-refractivity contribution in [2.45, 2.75) is 0 Å². The fourth-order valence-electron chi connectivity index (χ4n) is 4.07. The van der Waals surface area contributed by atoms with Gasteiger partial charge in [0.2, 0.25) is 11.6 Å². The van der Waals surface area contributed by atoms with Gasteiger partial charge in [-0.3, -0.25) is 24.0 Å². The van der Waals surface area contributed by atoms with Crippen LogP contribution in [-0.2, 0) is 26.5 Å². The summed E-state index contributed by atoms with van der Waals surface area (Å²) in [6.45, 7) is 0. The number of fused-ring (bicyclic) bond motifs is 2. The molecule has 0 atom stereocenters. The molecule has 0 amide bonds. The number of esters is 2. The van der Waals surface area contributed by atoms with Gasteiger partial charge in [-0.1, -0.05) is 60.1 Å². The Morgan fingerprint density at radius 1 is 0.585 bits per heavy atom. The van der Waals surface area contributed by atoms with Crippen LogP contribution in [0, 0.1) is 0 Å². The van der Waals surface area contributed by atoms with E-state index < -0.39 is 23.5 Å². The number of benzene rings is 2. The standard InChI is InChI=1S/2C16H9O4.Fe/c2*17-13-9-14(20-16(19)10-5-1-2-6-10)15(18)12-8-4-3-7-11(12)13;/h2*1-9H;/q-5;-1;. The SMILES string of the molecule is O=C1C=C(OC(=O)[c-]2[cH-][cH-][cH-][cH-]2)C(=O)c2ccccc21.O=C1C=C(OC(=O)[c-]2cccc2)C(=O)c2ccccc21.[Fe]. The van der Waals surface area contributed by atoms with Crippen LogP contribution in [0.4, 0.5) is 0 Å². The molecule has 0 bridgehead atoms. The molecule has 4 aromatic carbocycles. The van der Waals surface area contributed by atoms with Crippen LogP contribution < -0.4 is 0 Å². The molecular weight excluding hydrogens is 568 g/mol. The molecule has 0 radical (unpaired) electrons. The summed E-state index contributed by atoms with van der Waals surface area (Å²) in [5.74, 6) is -3.38. The molecule has 41 heavy (non-hydrogen) atoms. The van der Waals surface area contributed by atoms with Crippen molar-refractivity contribution < 1.29 is 55.3 Å². The summed E-state index contributed by atoms with van der Waals surface area (Å²) in [4.78, 5) is 71.7. The fourth-order valence-corrected chi connectivity index (χ4v) is 4.07. The second kappa shape index (κ2) is 12.3. The van der Waals surface area contributed by atoms with Crippen LogP contribution in [0.5, 0.6) is 0 Å². The smallest absolute Gasteiger partial charge is 0.286 e. The molecule has 0 aliphatic heterocycles. The van der Waals surface area contributed by atoms with Gasteiger partial charge < -0.3 is 44.1 Å². The summed E-state index contributed by atoms with van der Waals surface area (Å²) < 4.78 is 10.1. The Labute approximate surface area is 244 Å². The minimum absolute atomic E-state index is 0. The van der Waals surface area contributed by atoms with Gasteiger partial charge in [0.15, 0.2) is 17.3 Å². The number of Topliss-reactive ketones (excluding diaryl/α,β-unsaturated/α-hetero) is 2. The van der Waals surface area contributed by atoms with E-state index in [-0.39, 0.29) is 51.3 Å². The molecule has 0 heterocycles. The molecule has 9 heteroatoms. The zero-order chi connectivity index (χ0) is 28.2. The average molecular weight is 586 g/mol. The Hall–Kier alpha value is -5.24. The molecule has 208 valence electrons. The molecule has 4 aromatic rings. The van der Waals surface area contributed by atoms with Crippen LogP contribution in [0.3, 0.4) is 0 Å². The maximum Gasteiger partial charge on any atom is 0.286 e. The number of ketones is 4. The molecule has 0 N–H and O–H groups in total. The normalized spacial score (nSPS) is 13.4. The predicted molar refractivity (Wildman–Crippen MR) is 141 cm³/mol. The van der Waals surface area contributed by atoms with Gasteiger partial charge in [0.1, 0.15) is 5.76 Å². The molecular formula is C32H18FeO8-6. The van der Waals surface area contributed by atoms with Gasteiger partial charge in [-0.2, -0.15) is 12.1 Å². The van der Waals surface area contributed by atoms with Gasteiger partial charge in [-0.25, -0.2) is 12.1 Å². The molecule has 0 fully saturated rings. The maximum atomic E-state index is 12.2. The van der Waals surface area contributed by atoms with Crippen molar-refractivity contribution in [3.05, 3.63) is 154 Å². The number of hydrogen-bond acceptors (Lipinski definition) is 8. The number of ether oxygens (including phenoxy) is 2. The van der Waals surface area contributed by atoms with E-state index in [1.807, 2.05) is 0 Å². The third kappa shape index (κ3) is 6.01. The van der Waals surface area contributed by atoms with E-state index in [1.54, 1.807) is 97.1 Å². The molecule has 6 rings (SSSR count). The van der Waals surface area contributed by atoms with E-state index in [1.165, 1.54) is 0 Å². The van der Waals surface area contributed by atoms with Gasteiger partial charge in [0.25, 0.3) is 5.97 Å². The molecule has 0 spiro atoms. The molecule has 0 saturated heterocycles. The van der Waals surface area contributed by atoms with Crippen LogP contribution in [0.25, 0.3) is 0 Å². The summed E-state index contributed by atoms with van der Waals surface area (Å²) in [6.07, 6.45) is 2.12. The Morgan fingerprint density at radius 2 is 1.00 bits per heavy atom. The fraction of sp³-hybridized carbons (Fsp3) is 0. The minimum atomic E-state index is -0.651. The first-order valence-corrected chi connectivity index (χ1v) is 12.0. The van der Waals surface area contributed by atoms with Crippen molar-refractivity contribution in [2.75, 3.05) is 0 Å². The summed E-state index contributed by atoms with van der Waals surface area (Å²) >= 11 is 0. The third-order valence-corrected chi connectivity index (χ3v) is 6.05. The number of rotatable bonds is 4. The van der Waals surface area contributed by atoms with E-state index in [4.69, 9.17) is 9.47 Å². The summed E-state index contributed by atoms with van der Waals surface area (Å²) in [5, 5.41) is 0. The maximum absolute atomic E-state index is 12.2. The number of carbonyl (C=O) groups is 6. The number of hydrogen-bond donors (Lipinski definition) is 0. The van der Waals surface area contributed by atoms with Gasteiger partial charge in [0.05, 0.1) is 0 Å². The summed E-state index contributed by atoms with van der Waals surface area (Å²) in [7, 11) is 0. The third-order valence-electron chi connectivity index (χ3n) is 6.05. The molecule has 2 aliphatic carbocycles. The van der Waals surface area contributed by atoms with Gasteiger partial charge >= 0.3 is 0 Å². The van der Waals surface area contributed by atoms with Crippen molar-refractivity contribution in [1.82, 2.24) is 0 Å². The molecule has 8 nitrogen and oxygen atoms in total. The van der Waals surface area contributed by atoms with Gasteiger partial charge in [0, 0.05) is 51.5 Å². The monoisotopic (exact) mass is 586 g/mol. The van der Waals surface area contributed by atoms with Crippen molar-refractivity contribution in [1.29, 1.82) is 0 Å². The topological polar surface area (TPSA) is 121 Å². The van der Waals surface area contributed by atoms with Gasteiger partial charge in [-0.15, -0.1) is 0 Å². The van der Waals surface area contributed by atoms with Crippen LogP contribution in [-0.4, -0.2) is 35.1 Å². The Balaban J connectivity index is 0.000000184. The van der Waals surface area contributed by atoms with Crippen LogP contribution >= 0.6 is 0 Å². The van der Waals surface area contributed by atoms with Crippen LogP contribution in [0.15, 0.2) is 121 Å². The molecule has 0 saturated carbocycles. The van der Waals surface area contributed by atoms with E-state index in [0.29, 0.717) is 22.3 Å². The van der Waals surface area contributed by atoms with Crippen LogP contribution in [0.1, 0.15) is 62.1 Å². The quantitative estimate of drug-likeness (QED) is 0.185. The molecule has 2 aliphatic rings. The Morgan fingerprint density at radius 3 is 1.46 bits per heavy atom. The second-order valence-electron chi connectivity index (χ2n) is 8.62.